The first-order chi connectivity index (χ1) is 16.2. The van der Waals surface area contributed by atoms with Gasteiger partial charge in [0, 0.05) is 11.1 Å². The highest BCUT2D eigenvalue weighted by molar-refractivity contribution is 5.90. The van der Waals surface area contributed by atoms with Gasteiger partial charge < -0.3 is 14.8 Å². The summed E-state index contributed by atoms with van der Waals surface area (Å²) in [6.45, 7) is 6.90. The van der Waals surface area contributed by atoms with Gasteiger partial charge in [0.2, 0.25) is 0 Å². The van der Waals surface area contributed by atoms with Crippen molar-refractivity contribution in [2.24, 2.45) is 0 Å². The molecule has 0 bridgehead atoms. The lowest BCUT2D eigenvalue weighted by atomic mass is 9.92. The smallest absolute Gasteiger partial charge is 0.408 e. The van der Waals surface area contributed by atoms with Gasteiger partial charge in [-0.1, -0.05) is 84.9 Å². The van der Waals surface area contributed by atoms with Crippen molar-refractivity contribution in [1.29, 1.82) is 0 Å². The minimum atomic E-state index is -0.887. The van der Waals surface area contributed by atoms with Crippen molar-refractivity contribution in [1.82, 2.24) is 5.32 Å². The molecule has 1 N–H and O–H groups in total. The van der Waals surface area contributed by atoms with Gasteiger partial charge in [0.05, 0.1) is 0 Å². The maximum atomic E-state index is 13.2. The lowest BCUT2D eigenvalue weighted by Crippen LogP contribution is -2.42. The van der Waals surface area contributed by atoms with Crippen LogP contribution in [0.5, 0.6) is 0 Å². The van der Waals surface area contributed by atoms with Gasteiger partial charge in [-0.15, -0.1) is 0 Å². The van der Waals surface area contributed by atoms with E-state index < -0.39 is 29.8 Å². The molecular formula is C29H29NO4. The highest BCUT2D eigenvalue weighted by Gasteiger charge is 2.27. The summed E-state index contributed by atoms with van der Waals surface area (Å²) in [5.74, 6) is -0.545. The molecule has 0 aliphatic carbocycles. The van der Waals surface area contributed by atoms with Crippen LogP contribution in [0.25, 0.3) is 21.5 Å². The summed E-state index contributed by atoms with van der Waals surface area (Å²) in [5, 5.41) is 6.70. The molecule has 4 aromatic rings. The molecule has 5 heteroatoms. The predicted molar refractivity (Wildman–Crippen MR) is 135 cm³/mol. The van der Waals surface area contributed by atoms with E-state index in [0.717, 1.165) is 32.7 Å². The Bertz CT molecular complexity index is 1250. The van der Waals surface area contributed by atoms with E-state index in [0.29, 0.717) is 0 Å². The fraction of sp³-hybridized carbons (Fsp3) is 0.241. The van der Waals surface area contributed by atoms with Crippen molar-refractivity contribution in [3.8, 4) is 0 Å². The van der Waals surface area contributed by atoms with Crippen LogP contribution in [0.15, 0.2) is 84.9 Å². The summed E-state index contributed by atoms with van der Waals surface area (Å²) < 4.78 is 11.4. The van der Waals surface area contributed by atoms with Crippen LogP contribution in [0.2, 0.25) is 0 Å². The molecule has 0 radical (unpaired) electrons. The summed E-state index contributed by atoms with van der Waals surface area (Å²) in [5.41, 5.74) is 1.10. The number of esters is 1. The van der Waals surface area contributed by atoms with Gasteiger partial charge in [-0.2, -0.15) is 0 Å². The van der Waals surface area contributed by atoms with Crippen molar-refractivity contribution in [3.05, 3.63) is 96.1 Å². The third kappa shape index (κ3) is 5.20. The molecule has 174 valence electrons. The van der Waals surface area contributed by atoms with Crippen molar-refractivity contribution in [3.63, 3.8) is 0 Å². The van der Waals surface area contributed by atoms with Crippen LogP contribution >= 0.6 is 0 Å². The van der Waals surface area contributed by atoms with Gasteiger partial charge in [-0.05, 0) is 49.2 Å². The number of carbonyl (C=O) groups is 2. The topological polar surface area (TPSA) is 64.6 Å². The molecule has 0 spiro atoms. The van der Waals surface area contributed by atoms with Crippen LogP contribution in [-0.4, -0.2) is 23.7 Å². The van der Waals surface area contributed by atoms with Crippen molar-refractivity contribution in [2.45, 2.75) is 45.4 Å². The predicted octanol–water partition coefficient (Wildman–Crippen LogP) is 6.54. The molecule has 0 saturated carbocycles. The van der Waals surface area contributed by atoms with Gasteiger partial charge in [0.25, 0.3) is 0 Å². The average molecular weight is 456 g/mol. The molecule has 1 atom stereocenters. The summed E-state index contributed by atoms with van der Waals surface area (Å²) in [7, 11) is 0. The summed E-state index contributed by atoms with van der Waals surface area (Å²) in [6, 6.07) is 27.1. The zero-order chi connectivity index (χ0) is 24.3. The summed E-state index contributed by atoms with van der Waals surface area (Å²) in [4.78, 5) is 25.4. The van der Waals surface area contributed by atoms with Gasteiger partial charge in [0.1, 0.15) is 11.6 Å². The largest absolute Gasteiger partial charge is 0.451 e. The maximum absolute atomic E-state index is 13.2. The Morgan fingerprint density at radius 1 is 0.735 bits per heavy atom. The molecule has 4 rings (SSSR count). The quantitative estimate of drug-likeness (QED) is 0.347. The van der Waals surface area contributed by atoms with E-state index in [1.165, 1.54) is 0 Å². The molecule has 1 amide bonds. The Morgan fingerprint density at radius 2 is 1.21 bits per heavy atom. The molecular weight excluding hydrogens is 426 g/mol. The number of ether oxygens (including phenoxy) is 2. The molecule has 34 heavy (non-hydrogen) atoms. The van der Waals surface area contributed by atoms with E-state index in [2.05, 4.69) is 5.32 Å². The Hall–Kier alpha value is -3.86. The highest BCUT2D eigenvalue weighted by atomic mass is 16.6. The Balaban J connectivity index is 1.73. The number of nitrogens with one attached hydrogen (secondary N) is 1. The van der Waals surface area contributed by atoms with Crippen LogP contribution < -0.4 is 5.32 Å². The lowest BCUT2D eigenvalue weighted by Gasteiger charge is -2.25. The first kappa shape index (κ1) is 23.3. The number of hydrogen-bond donors (Lipinski definition) is 1. The van der Waals surface area contributed by atoms with E-state index >= 15 is 0 Å². The van der Waals surface area contributed by atoms with E-state index in [-0.39, 0.29) is 0 Å². The summed E-state index contributed by atoms with van der Waals surface area (Å²) in [6.07, 6.45) is -1.32. The van der Waals surface area contributed by atoms with E-state index in [4.69, 9.17) is 9.47 Å². The van der Waals surface area contributed by atoms with Gasteiger partial charge in [-0.3, -0.25) is 0 Å². The second-order valence-electron chi connectivity index (χ2n) is 9.32. The third-order valence-electron chi connectivity index (χ3n) is 5.53. The number of hydrogen-bond acceptors (Lipinski definition) is 4. The minimum Gasteiger partial charge on any atom is -0.451 e. The second-order valence-corrected chi connectivity index (χ2v) is 9.32. The first-order valence-electron chi connectivity index (χ1n) is 11.4. The number of alkyl carbamates (subject to hydrolysis) is 1. The van der Waals surface area contributed by atoms with Crippen LogP contribution in [0.4, 0.5) is 4.79 Å². The SMILES string of the molecule is C[C@H](NC(=O)OC(C)(C)C)C(=O)OC(c1cccc2ccccc12)c1cccc2ccccc12. The average Bonchev–Trinajstić information content (AvgIpc) is 2.80. The molecule has 0 unspecified atom stereocenters. The number of benzene rings is 4. The third-order valence-corrected chi connectivity index (χ3v) is 5.53. The van der Waals surface area contributed by atoms with Gasteiger partial charge in [0.15, 0.2) is 6.10 Å². The van der Waals surface area contributed by atoms with E-state index in [1.807, 2.05) is 84.9 Å². The van der Waals surface area contributed by atoms with E-state index in [9.17, 15) is 9.59 Å². The zero-order valence-electron chi connectivity index (χ0n) is 19.9. The highest BCUT2D eigenvalue weighted by Crippen LogP contribution is 2.35. The van der Waals surface area contributed by atoms with Crippen LogP contribution in [0.3, 0.4) is 0 Å². The molecule has 0 saturated heterocycles. The Labute approximate surface area is 199 Å². The van der Waals surface area contributed by atoms with E-state index in [1.54, 1.807) is 27.7 Å². The molecule has 5 nitrogen and oxygen atoms in total. The number of amides is 1. The Kier molecular flexibility index (Phi) is 6.55. The molecule has 0 heterocycles. The summed E-state index contributed by atoms with van der Waals surface area (Å²) >= 11 is 0. The monoisotopic (exact) mass is 455 g/mol. The van der Waals surface area contributed by atoms with Gasteiger partial charge >= 0.3 is 12.1 Å². The van der Waals surface area contributed by atoms with Crippen LogP contribution in [-0.2, 0) is 14.3 Å². The van der Waals surface area contributed by atoms with Crippen molar-refractivity contribution < 1.29 is 19.1 Å². The van der Waals surface area contributed by atoms with Crippen molar-refractivity contribution >= 4 is 33.6 Å². The maximum Gasteiger partial charge on any atom is 0.408 e. The number of fused-ring (bicyclic) bond motifs is 2. The van der Waals surface area contributed by atoms with Crippen LogP contribution in [0, 0.1) is 0 Å². The lowest BCUT2D eigenvalue weighted by molar-refractivity contribution is -0.149. The van der Waals surface area contributed by atoms with Crippen LogP contribution in [0.1, 0.15) is 44.9 Å². The normalized spacial score (nSPS) is 12.5. The molecule has 0 aliphatic heterocycles. The first-order valence-corrected chi connectivity index (χ1v) is 11.4. The van der Waals surface area contributed by atoms with Crippen molar-refractivity contribution in [2.75, 3.05) is 0 Å². The fourth-order valence-electron chi connectivity index (χ4n) is 4.01. The minimum absolute atomic E-state index is 0.545. The van der Waals surface area contributed by atoms with Gasteiger partial charge in [-0.25, -0.2) is 9.59 Å². The second kappa shape index (κ2) is 9.56. The molecule has 0 fully saturated rings. The number of carbonyl (C=O) groups excluding carboxylic acids is 2. The molecule has 0 aliphatic rings. The standard InChI is InChI=1S/C29H29NO4/c1-19(30-28(32)34-29(2,3)4)27(31)33-26(24-17-9-13-20-11-5-7-15-22(20)24)25-18-10-14-21-12-6-8-16-23(21)25/h5-19,26H,1-4H3,(H,30,32)/t19-/m0/s1. The molecule has 0 aromatic heterocycles. The fourth-order valence-corrected chi connectivity index (χ4v) is 4.01. The molecule has 4 aromatic carbocycles. The Morgan fingerprint density at radius 3 is 1.71 bits per heavy atom. The zero-order valence-corrected chi connectivity index (χ0v) is 19.9. The number of rotatable bonds is 5.